The molecular formula is C25H33F3N4O3. The Kier molecular flexibility index (Phi) is 9.31. The van der Waals surface area contributed by atoms with E-state index in [0.29, 0.717) is 44.2 Å². The van der Waals surface area contributed by atoms with Gasteiger partial charge in [-0.2, -0.15) is 13.2 Å². The van der Waals surface area contributed by atoms with E-state index in [9.17, 15) is 27.6 Å². The van der Waals surface area contributed by atoms with Crippen LogP contribution in [0.1, 0.15) is 69.8 Å². The highest BCUT2D eigenvalue weighted by atomic mass is 19.4. The van der Waals surface area contributed by atoms with E-state index in [-0.39, 0.29) is 22.5 Å². The summed E-state index contributed by atoms with van der Waals surface area (Å²) < 4.78 is 39.9. The number of nitrogens with one attached hydrogen (secondary N) is 3. The molecule has 1 heterocycles. The number of pyridine rings is 1. The second-order valence-electron chi connectivity index (χ2n) is 9.24. The lowest BCUT2D eigenvalue weighted by Crippen LogP contribution is -2.44. The molecule has 1 aliphatic carbocycles. The van der Waals surface area contributed by atoms with Crippen LogP contribution in [0.4, 0.5) is 18.9 Å². The number of nitrogens with two attached hydrogens (primary N) is 1. The van der Waals surface area contributed by atoms with E-state index in [0.717, 1.165) is 19.3 Å². The third kappa shape index (κ3) is 7.81. The number of rotatable bonds is 10. The Morgan fingerprint density at radius 1 is 1.11 bits per heavy atom. The zero-order valence-corrected chi connectivity index (χ0v) is 19.7. The number of fused-ring (bicyclic) bond motifs is 1. The molecule has 0 aliphatic heterocycles. The Hall–Kier alpha value is -2.88. The predicted molar refractivity (Wildman–Crippen MR) is 129 cm³/mol. The molecule has 192 valence electrons. The fourth-order valence-electron chi connectivity index (χ4n) is 4.64. The van der Waals surface area contributed by atoms with Crippen LogP contribution >= 0.6 is 0 Å². The van der Waals surface area contributed by atoms with Crippen molar-refractivity contribution in [3.8, 4) is 0 Å². The number of aromatic nitrogens is 1. The molecule has 1 atom stereocenters. The van der Waals surface area contributed by atoms with E-state index in [1.165, 1.54) is 37.5 Å². The van der Waals surface area contributed by atoms with Crippen molar-refractivity contribution in [1.82, 2.24) is 10.3 Å². The van der Waals surface area contributed by atoms with E-state index in [4.69, 9.17) is 5.73 Å². The summed E-state index contributed by atoms with van der Waals surface area (Å²) in [5.41, 5.74) is 3.80. The maximum atomic E-state index is 13.3. The Balaban J connectivity index is 1.69. The van der Waals surface area contributed by atoms with Crippen LogP contribution in [0.15, 0.2) is 29.1 Å². The van der Waals surface area contributed by atoms with E-state index in [1.54, 1.807) is 0 Å². The number of carbonyl (C=O) groups is 2. The van der Waals surface area contributed by atoms with Crippen molar-refractivity contribution in [3.05, 3.63) is 40.2 Å². The van der Waals surface area contributed by atoms with Crippen LogP contribution in [0.5, 0.6) is 0 Å². The number of unbranched alkanes of at least 4 members (excludes halogenated alkanes) is 1. The summed E-state index contributed by atoms with van der Waals surface area (Å²) in [4.78, 5) is 39.6. The molecule has 1 aromatic carbocycles. The summed E-state index contributed by atoms with van der Waals surface area (Å²) in [6.45, 7) is 0.462. The second-order valence-corrected chi connectivity index (χ2v) is 9.24. The van der Waals surface area contributed by atoms with E-state index in [1.807, 2.05) is 0 Å². The number of hydrogen-bond acceptors (Lipinski definition) is 4. The van der Waals surface area contributed by atoms with E-state index in [2.05, 4.69) is 15.6 Å². The van der Waals surface area contributed by atoms with Gasteiger partial charge in [-0.05, 0) is 50.3 Å². The maximum Gasteiger partial charge on any atom is 0.417 e. The minimum Gasteiger partial charge on any atom is -0.344 e. The molecule has 1 aromatic heterocycles. The quantitative estimate of drug-likeness (QED) is 0.365. The first-order chi connectivity index (χ1) is 16.7. The first-order valence-electron chi connectivity index (χ1n) is 12.2. The smallest absolute Gasteiger partial charge is 0.344 e. The molecule has 1 fully saturated rings. The second kappa shape index (κ2) is 12.2. The standard InChI is InChI=1S/C25H33F3N4O3/c26-25(27,28)19-15-23(34)32-21-14-17(10-11-18(19)21)30-24(35)20(8-4-5-13-29)31-22(33)12-9-16-6-2-1-3-7-16/h10-11,14-16,20H,1-9,12-13,29H2,(H,30,35)(H,31,33)(H,32,34). The molecule has 1 saturated carbocycles. The van der Waals surface area contributed by atoms with Crippen LogP contribution in [-0.4, -0.2) is 29.4 Å². The SMILES string of the molecule is NCCCCC(NC(=O)CCC1CCCCC1)C(=O)Nc1ccc2c(C(F)(F)F)cc(=O)[nH]c2c1. The van der Waals surface area contributed by atoms with Gasteiger partial charge < -0.3 is 21.4 Å². The molecule has 5 N–H and O–H groups in total. The van der Waals surface area contributed by atoms with Gasteiger partial charge in [-0.25, -0.2) is 0 Å². The average Bonchev–Trinajstić information content (AvgIpc) is 2.81. The number of alkyl halides is 3. The molecule has 35 heavy (non-hydrogen) atoms. The van der Waals surface area contributed by atoms with Crippen molar-refractivity contribution in [2.24, 2.45) is 11.7 Å². The molecule has 7 nitrogen and oxygen atoms in total. The van der Waals surface area contributed by atoms with Gasteiger partial charge in [-0.15, -0.1) is 0 Å². The third-order valence-corrected chi connectivity index (χ3v) is 6.52. The third-order valence-electron chi connectivity index (χ3n) is 6.52. The molecule has 1 aliphatic rings. The summed E-state index contributed by atoms with van der Waals surface area (Å²) in [5, 5.41) is 5.30. The maximum absolute atomic E-state index is 13.3. The highest BCUT2D eigenvalue weighted by molar-refractivity contribution is 5.98. The number of carbonyl (C=O) groups excluding carboxylic acids is 2. The van der Waals surface area contributed by atoms with Gasteiger partial charge in [0.1, 0.15) is 6.04 Å². The lowest BCUT2D eigenvalue weighted by atomic mass is 9.86. The van der Waals surface area contributed by atoms with Crippen molar-refractivity contribution < 1.29 is 22.8 Å². The predicted octanol–water partition coefficient (Wildman–Crippen LogP) is 4.46. The lowest BCUT2D eigenvalue weighted by molar-refractivity contribution is -0.136. The number of anilines is 1. The first-order valence-corrected chi connectivity index (χ1v) is 12.2. The first kappa shape index (κ1) is 26.7. The van der Waals surface area contributed by atoms with Gasteiger partial charge in [0, 0.05) is 23.6 Å². The Morgan fingerprint density at radius 2 is 1.86 bits per heavy atom. The van der Waals surface area contributed by atoms with Crippen molar-refractivity contribution in [2.45, 2.75) is 76.4 Å². The normalized spacial score (nSPS) is 15.7. The fourth-order valence-corrected chi connectivity index (χ4v) is 4.64. The largest absolute Gasteiger partial charge is 0.417 e. The Morgan fingerprint density at radius 3 is 2.54 bits per heavy atom. The van der Waals surface area contributed by atoms with Crippen molar-refractivity contribution >= 4 is 28.4 Å². The highest BCUT2D eigenvalue weighted by Gasteiger charge is 2.33. The summed E-state index contributed by atoms with van der Waals surface area (Å²) in [6, 6.07) is 3.55. The van der Waals surface area contributed by atoms with Crippen molar-refractivity contribution in [3.63, 3.8) is 0 Å². The molecule has 1 unspecified atom stereocenters. The van der Waals surface area contributed by atoms with Gasteiger partial charge in [0.05, 0.1) is 11.1 Å². The zero-order chi connectivity index (χ0) is 25.4. The van der Waals surface area contributed by atoms with Crippen LogP contribution in [0.3, 0.4) is 0 Å². The summed E-state index contributed by atoms with van der Waals surface area (Å²) in [5.74, 6) is -0.122. The van der Waals surface area contributed by atoms with Gasteiger partial charge in [0.15, 0.2) is 0 Å². The average molecular weight is 495 g/mol. The molecule has 0 saturated heterocycles. The number of hydrogen-bond donors (Lipinski definition) is 4. The molecule has 2 amide bonds. The molecule has 0 spiro atoms. The summed E-state index contributed by atoms with van der Waals surface area (Å²) >= 11 is 0. The van der Waals surface area contributed by atoms with Gasteiger partial charge >= 0.3 is 6.18 Å². The molecule has 3 rings (SSSR count). The van der Waals surface area contributed by atoms with E-state index >= 15 is 0 Å². The van der Waals surface area contributed by atoms with Crippen LogP contribution in [0.2, 0.25) is 0 Å². The molecular weight excluding hydrogens is 461 g/mol. The van der Waals surface area contributed by atoms with Gasteiger partial charge in [0.2, 0.25) is 17.4 Å². The number of benzene rings is 1. The van der Waals surface area contributed by atoms with Crippen molar-refractivity contribution in [1.29, 1.82) is 0 Å². The van der Waals surface area contributed by atoms with Crippen molar-refractivity contribution in [2.75, 3.05) is 11.9 Å². The minimum absolute atomic E-state index is 0.0428. The number of aromatic amines is 1. The number of amides is 2. The van der Waals surface area contributed by atoms with Gasteiger partial charge in [0.25, 0.3) is 0 Å². The molecule has 0 radical (unpaired) electrons. The minimum atomic E-state index is -4.69. The summed E-state index contributed by atoms with van der Waals surface area (Å²) in [6.07, 6.45) is 4.07. The number of halogens is 3. The fraction of sp³-hybridized carbons (Fsp3) is 0.560. The van der Waals surface area contributed by atoms with E-state index < -0.39 is 29.2 Å². The monoisotopic (exact) mass is 494 g/mol. The lowest BCUT2D eigenvalue weighted by Gasteiger charge is -2.22. The molecule has 0 bridgehead atoms. The van der Waals surface area contributed by atoms with Gasteiger partial charge in [-0.1, -0.05) is 38.2 Å². The Bertz CT molecular complexity index is 1080. The number of H-pyrrole nitrogens is 1. The van der Waals surface area contributed by atoms with Crippen LogP contribution in [0, 0.1) is 5.92 Å². The molecule has 10 heteroatoms. The zero-order valence-electron chi connectivity index (χ0n) is 19.7. The topological polar surface area (TPSA) is 117 Å². The molecule has 2 aromatic rings. The van der Waals surface area contributed by atoms with Crippen LogP contribution in [0.25, 0.3) is 10.9 Å². The highest BCUT2D eigenvalue weighted by Crippen LogP contribution is 2.34. The van der Waals surface area contributed by atoms with Crippen LogP contribution < -0.4 is 21.9 Å². The van der Waals surface area contributed by atoms with Crippen LogP contribution in [-0.2, 0) is 15.8 Å². The van der Waals surface area contributed by atoms with Gasteiger partial charge in [-0.3, -0.25) is 14.4 Å². The Labute approximate surface area is 202 Å². The summed E-state index contributed by atoms with van der Waals surface area (Å²) in [7, 11) is 0.